The molecule has 0 saturated heterocycles. The van der Waals surface area contributed by atoms with E-state index in [0.717, 1.165) is 31.9 Å². The van der Waals surface area contributed by atoms with Crippen molar-refractivity contribution in [2.45, 2.75) is 62.9 Å². The number of sulfone groups is 1. The van der Waals surface area contributed by atoms with Crippen LogP contribution in [0, 0.1) is 5.92 Å². The molecular weight excluding hydrogens is 406 g/mol. The number of benzene rings is 1. The predicted octanol–water partition coefficient (Wildman–Crippen LogP) is 2.92. The van der Waals surface area contributed by atoms with E-state index in [0.29, 0.717) is 11.4 Å². The minimum atomic E-state index is -3.28. The molecule has 1 fully saturated rings. The highest BCUT2D eigenvalue weighted by Crippen LogP contribution is 2.30. The first kappa shape index (κ1) is 22.5. The van der Waals surface area contributed by atoms with Gasteiger partial charge in [-0.2, -0.15) is 0 Å². The van der Waals surface area contributed by atoms with Crippen LogP contribution in [0.3, 0.4) is 0 Å². The molecule has 0 spiro atoms. The van der Waals surface area contributed by atoms with Crippen molar-refractivity contribution >= 4 is 9.84 Å². The molecule has 1 N–H and O–H groups in total. The Balaban J connectivity index is 1.62. The van der Waals surface area contributed by atoms with Crippen molar-refractivity contribution < 1.29 is 23.0 Å². The zero-order chi connectivity index (χ0) is 21.9. The zero-order valence-corrected chi connectivity index (χ0v) is 18.3. The number of aromatic nitrogens is 1. The highest BCUT2D eigenvalue weighted by atomic mass is 32.2. The van der Waals surface area contributed by atoms with Gasteiger partial charge in [-0.25, -0.2) is 8.42 Å². The average Bonchev–Trinajstić information content (AvgIpc) is 2.67. The highest BCUT2D eigenvalue weighted by Gasteiger charge is 2.28. The quantitative estimate of drug-likeness (QED) is 0.672. The molecule has 1 aromatic heterocycles. The maximum atomic E-state index is 12.5. The maximum absolute atomic E-state index is 12.5. The van der Waals surface area contributed by atoms with E-state index >= 15 is 0 Å². The number of aliphatic hydroxyl groups excluding tert-OH is 1. The fourth-order valence-electron chi connectivity index (χ4n) is 3.68. The molecule has 1 unspecified atom stereocenters. The molecule has 1 aromatic carbocycles. The summed E-state index contributed by atoms with van der Waals surface area (Å²) in [6.45, 7) is 3.81. The van der Waals surface area contributed by atoms with Gasteiger partial charge in [-0.05, 0) is 69.9 Å². The van der Waals surface area contributed by atoms with E-state index in [1.165, 1.54) is 22.8 Å². The first-order valence-electron chi connectivity index (χ1n) is 10.2. The van der Waals surface area contributed by atoms with Crippen LogP contribution in [0.1, 0.15) is 39.5 Å². The summed E-state index contributed by atoms with van der Waals surface area (Å²) in [5.74, 6) is 0.613. The Morgan fingerprint density at radius 1 is 1.07 bits per heavy atom. The predicted molar refractivity (Wildman–Crippen MR) is 114 cm³/mol. The van der Waals surface area contributed by atoms with Crippen molar-refractivity contribution in [1.82, 2.24) is 4.57 Å². The van der Waals surface area contributed by atoms with E-state index in [1.807, 2.05) is 13.8 Å². The summed E-state index contributed by atoms with van der Waals surface area (Å²) < 4.78 is 36.1. The van der Waals surface area contributed by atoms with Crippen LogP contribution in [0.15, 0.2) is 52.3 Å². The van der Waals surface area contributed by atoms with Gasteiger partial charge in [0.05, 0.1) is 17.1 Å². The molecule has 164 valence electrons. The second-order valence-corrected chi connectivity index (χ2v) is 10.1. The fourth-order valence-corrected chi connectivity index (χ4v) is 4.31. The minimum absolute atomic E-state index is 0.00297. The van der Waals surface area contributed by atoms with Crippen molar-refractivity contribution in [1.29, 1.82) is 0 Å². The van der Waals surface area contributed by atoms with Crippen molar-refractivity contribution in [3.05, 3.63) is 52.9 Å². The summed E-state index contributed by atoms with van der Waals surface area (Å²) in [5, 5.41) is 10.1. The molecule has 1 aliphatic rings. The number of nitrogens with zero attached hydrogens (tertiary/aromatic N) is 1. The molecule has 1 atom stereocenters. The number of ether oxygens (including phenoxy) is 2. The topological polar surface area (TPSA) is 94.8 Å². The van der Waals surface area contributed by atoms with Crippen LogP contribution < -0.4 is 10.3 Å². The molecule has 0 bridgehead atoms. The van der Waals surface area contributed by atoms with Gasteiger partial charge in [0.15, 0.2) is 16.1 Å². The van der Waals surface area contributed by atoms with Gasteiger partial charge in [0.2, 0.25) is 0 Å². The summed E-state index contributed by atoms with van der Waals surface area (Å²) in [6.07, 6.45) is 5.21. The fraction of sp³-hybridized carbons (Fsp3) is 0.500. The molecule has 7 nitrogen and oxygen atoms in total. The Morgan fingerprint density at radius 3 is 2.23 bits per heavy atom. The van der Waals surface area contributed by atoms with Gasteiger partial charge in [0, 0.05) is 30.1 Å². The number of pyridine rings is 1. The Hall–Kier alpha value is -2.16. The van der Waals surface area contributed by atoms with E-state index in [4.69, 9.17) is 9.47 Å². The molecule has 8 heteroatoms. The second kappa shape index (κ2) is 9.32. The smallest absolute Gasteiger partial charge is 0.258 e. The Labute approximate surface area is 177 Å². The first-order chi connectivity index (χ1) is 14.1. The van der Waals surface area contributed by atoms with Gasteiger partial charge in [-0.3, -0.25) is 9.36 Å². The third-order valence-electron chi connectivity index (χ3n) is 5.27. The molecular formula is C22H29NO6S. The van der Waals surface area contributed by atoms with Crippen molar-refractivity contribution in [2.75, 3.05) is 6.26 Å². The van der Waals surface area contributed by atoms with Crippen LogP contribution in [0.25, 0.3) is 5.69 Å². The molecule has 0 amide bonds. The molecule has 0 aliphatic heterocycles. The molecule has 3 rings (SSSR count). The van der Waals surface area contributed by atoms with Crippen molar-refractivity contribution in [3.63, 3.8) is 0 Å². The normalized spacial score (nSPS) is 20.8. The molecule has 1 heterocycles. The monoisotopic (exact) mass is 435 g/mol. The highest BCUT2D eigenvalue weighted by molar-refractivity contribution is 7.90. The molecule has 1 aliphatic carbocycles. The lowest BCUT2D eigenvalue weighted by molar-refractivity contribution is -0.165. The summed E-state index contributed by atoms with van der Waals surface area (Å²) >= 11 is 0. The minimum Gasteiger partial charge on any atom is -0.490 e. The average molecular weight is 436 g/mol. The number of rotatable bonds is 7. The lowest BCUT2D eigenvalue weighted by Crippen LogP contribution is -2.33. The van der Waals surface area contributed by atoms with Gasteiger partial charge < -0.3 is 14.6 Å². The Morgan fingerprint density at radius 2 is 1.70 bits per heavy atom. The van der Waals surface area contributed by atoms with E-state index in [-0.39, 0.29) is 28.6 Å². The first-order valence-corrected chi connectivity index (χ1v) is 12.1. The van der Waals surface area contributed by atoms with Crippen LogP contribution in [-0.2, 0) is 14.6 Å². The van der Waals surface area contributed by atoms with Crippen LogP contribution >= 0.6 is 0 Å². The Kier molecular flexibility index (Phi) is 7.00. The van der Waals surface area contributed by atoms with E-state index in [1.54, 1.807) is 24.4 Å². The maximum Gasteiger partial charge on any atom is 0.258 e. The van der Waals surface area contributed by atoms with Gasteiger partial charge in [0.1, 0.15) is 5.75 Å². The summed E-state index contributed by atoms with van der Waals surface area (Å²) in [4.78, 5) is 12.7. The van der Waals surface area contributed by atoms with Crippen LogP contribution in [0.5, 0.6) is 5.75 Å². The van der Waals surface area contributed by atoms with Crippen LogP contribution in [0.2, 0.25) is 0 Å². The SMILES string of the molecule is CC(C)OC(O)[C@H]1CC[C@@H](Oc2ccn(-c3ccc(S(C)(=O)=O)cc3)c(=O)c2)CC1. The summed E-state index contributed by atoms with van der Waals surface area (Å²) in [5.41, 5.74) is 0.327. The number of aliphatic hydroxyl groups is 1. The lowest BCUT2D eigenvalue weighted by atomic mass is 9.87. The van der Waals surface area contributed by atoms with E-state index in [9.17, 15) is 18.3 Å². The molecule has 30 heavy (non-hydrogen) atoms. The summed E-state index contributed by atoms with van der Waals surface area (Å²) in [6, 6.07) is 9.34. The third-order valence-corrected chi connectivity index (χ3v) is 6.40. The van der Waals surface area contributed by atoms with E-state index < -0.39 is 16.1 Å². The van der Waals surface area contributed by atoms with Gasteiger partial charge in [-0.15, -0.1) is 0 Å². The Bertz CT molecular complexity index is 1000. The largest absolute Gasteiger partial charge is 0.490 e. The standard InChI is InChI=1S/C22H29NO6S/c1-15(2)28-22(25)16-4-8-18(9-5-16)29-19-12-13-23(21(24)14-19)17-6-10-20(11-7-17)30(3,26)27/h6-7,10-16,18,22,25H,4-5,8-9H2,1-3H3/t16-,18+,22?. The lowest BCUT2D eigenvalue weighted by Gasteiger charge is -2.32. The molecule has 1 saturated carbocycles. The third kappa shape index (κ3) is 5.71. The van der Waals surface area contributed by atoms with Gasteiger partial charge in [-0.1, -0.05) is 0 Å². The molecule has 2 aromatic rings. The second-order valence-electron chi connectivity index (χ2n) is 8.07. The van der Waals surface area contributed by atoms with Crippen molar-refractivity contribution in [3.8, 4) is 11.4 Å². The summed E-state index contributed by atoms with van der Waals surface area (Å²) in [7, 11) is -3.28. The zero-order valence-electron chi connectivity index (χ0n) is 17.5. The van der Waals surface area contributed by atoms with Gasteiger partial charge >= 0.3 is 0 Å². The van der Waals surface area contributed by atoms with Crippen LogP contribution in [-0.4, -0.2) is 42.8 Å². The van der Waals surface area contributed by atoms with E-state index in [2.05, 4.69) is 0 Å². The van der Waals surface area contributed by atoms with Crippen LogP contribution in [0.4, 0.5) is 0 Å². The van der Waals surface area contributed by atoms with Crippen molar-refractivity contribution in [2.24, 2.45) is 5.92 Å². The van der Waals surface area contributed by atoms with Gasteiger partial charge in [0.25, 0.3) is 5.56 Å². The number of hydrogen-bond acceptors (Lipinski definition) is 6. The molecule has 0 radical (unpaired) electrons. The number of hydrogen-bond donors (Lipinski definition) is 1.